The van der Waals surface area contributed by atoms with Crippen LogP contribution in [-0.2, 0) is 40.8 Å². The number of nitrogens with zero attached hydrogens (tertiary/aromatic N) is 7. The van der Waals surface area contributed by atoms with Crippen LogP contribution in [0.4, 0.5) is 32.2 Å². The van der Waals surface area contributed by atoms with Crippen LogP contribution in [0.2, 0.25) is 5.02 Å². The van der Waals surface area contributed by atoms with Crippen molar-refractivity contribution >= 4 is 55.2 Å². The number of hydrogen-bond acceptors (Lipinski definition) is 8. The second-order valence-electron chi connectivity index (χ2n) is 15.0. The second kappa shape index (κ2) is 14.4. The Morgan fingerprint density at radius 3 is 2.41 bits per heavy atom. The summed E-state index contributed by atoms with van der Waals surface area (Å²) in [7, 11) is -2.45. The van der Waals surface area contributed by atoms with Crippen LogP contribution in [0.15, 0.2) is 77.9 Å². The van der Waals surface area contributed by atoms with Gasteiger partial charge in [0.1, 0.15) is 35.4 Å². The maximum absolute atomic E-state index is 15.5. The van der Waals surface area contributed by atoms with Crippen molar-refractivity contribution in [1.29, 1.82) is 0 Å². The third-order valence-corrected chi connectivity index (χ3v) is 11.7. The average molecular weight is 882 g/mol. The van der Waals surface area contributed by atoms with E-state index in [2.05, 4.69) is 25.2 Å². The van der Waals surface area contributed by atoms with Gasteiger partial charge in [0.2, 0.25) is 15.9 Å². The molecule has 1 fully saturated rings. The van der Waals surface area contributed by atoms with E-state index in [4.69, 9.17) is 16.6 Å². The van der Waals surface area contributed by atoms with E-state index >= 15 is 8.78 Å². The summed E-state index contributed by atoms with van der Waals surface area (Å²) >= 11 is 6.62. The van der Waals surface area contributed by atoms with Crippen LogP contribution in [0, 0.1) is 17.6 Å². The summed E-state index contributed by atoms with van der Waals surface area (Å²) in [4.78, 5) is 38.0. The van der Waals surface area contributed by atoms with Gasteiger partial charge in [-0.1, -0.05) is 17.7 Å². The van der Waals surface area contributed by atoms with Gasteiger partial charge in [-0.05, 0) is 77.6 Å². The molecule has 0 unspecified atom stereocenters. The number of carbonyl (C=O) groups is 1. The fraction of sp³-hybridized carbons (Fsp3) is 0.250. The van der Waals surface area contributed by atoms with E-state index in [-0.39, 0.29) is 61.7 Å². The molecule has 314 valence electrons. The predicted octanol–water partition coefficient (Wildman–Crippen LogP) is 7.08. The van der Waals surface area contributed by atoms with Gasteiger partial charge in [0.05, 0.1) is 44.8 Å². The molecule has 1 amide bonds. The largest absolute Gasteiger partial charge is 0.344 e. The molecular formula is C40H30ClF6N9O4S. The molecule has 4 aromatic heterocycles. The summed E-state index contributed by atoms with van der Waals surface area (Å²) in [6, 6.07) is 12.1. The summed E-state index contributed by atoms with van der Waals surface area (Å²) in [6.07, 6.45) is 0.368. The van der Waals surface area contributed by atoms with Crippen LogP contribution in [0.3, 0.4) is 0 Å². The lowest BCUT2D eigenvalue weighted by Crippen LogP contribution is -2.38. The Balaban J connectivity index is 1.26. The zero-order chi connectivity index (χ0) is 43.3. The first-order chi connectivity index (χ1) is 28.9. The highest BCUT2D eigenvalue weighted by Gasteiger charge is 2.67. The van der Waals surface area contributed by atoms with Gasteiger partial charge in [-0.2, -0.15) is 19.0 Å². The number of hydrogen-bond donors (Lipinski definition) is 2. The number of sulfonamides is 1. The van der Waals surface area contributed by atoms with Gasteiger partial charge >= 0.3 is 0 Å². The number of fused-ring (bicyclic) bond motifs is 5. The Hall–Kier alpha value is -6.28. The molecule has 3 aromatic carbocycles. The summed E-state index contributed by atoms with van der Waals surface area (Å²) < 4.78 is 119. The maximum atomic E-state index is 15.5. The summed E-state index contributed by atoms with van der Waals surface area (Å²) in [6.45, 7) is -0.977. The van der Waals surface area contributed by atoms with E-state index < -0.39 is 87.7 Å². The molecular weight excluding hydrogens is 852 g/mol. The Bertz CT molecular complexity index is 3120. The van der Waals surface area contributed by atoms with E-state index in [1.54, 1.807) is 36.7 Å². The number of benzene rings is 3. The lowest BCUT2D eigenvalue weighted by molar-refractivity contribution is -0.123. The number of alkyl halides is 4. The van der Waals surface area contributed by atoms with E-state index in [0.29, 0.717) is 21.9 Å². The average Bonchev–Trinajstić information content (AvgIpc) is 3.73. The standard InChI is InChI=1S/C40H30ClF6N9O4S/c1-54-34-29(6-5-26(41)32(34)37(52-54)53-61(2,59)60)56-38(50-27-14-20(3-4-23(27)39(56)58)19-7-9-48-10-8-19)28(13-18-11-21(42)15-22(43)12-18)49-30(57)17-55-35-31(33(51-55)36(44)45)24-16-25(24)40(35,46)47/h3-12,14-15,24-25,28,36H,13,16-17H2,1-2H3,(H,49,57)(H,52,53)/t24-,25+,28-/m0/s1. The van der Waals surface area contributed by atoms with Gasteiger partial charge in [-0.3, -0.25) is 33.2 Å². The van der Waals surface area contributed by atoms with E-state index in [9.17, 15) is 35.6 Å². The fourth-order valence-electron chi connectivity index (χ4n) is 8.30. The SMILES string of the molecule is Cn1nc(NS(C)(=O)=O)c2c(Cl)ccc(-n3c([C@H](Cc4cc(F)cc(F)c4)NC(=O)Cn4nc(C(F)F)c5c4C(F)(F)[C@@H]4C[C@H]54)nc4cc(-c5ccncc5)ccc4c3=O)c21. The van der Waals surface area contributed by atoms with Crippen LogP contribution in [0.25, 0.3) is 38.6 Å². The Morgan fingerprint density at radius 2 is 1.72 bits per heavy atom. The van der Waals surface area contributed by atoms with E-state index in [1.807, 2.05) is 0 Å². The molecule has 61 heavy (non-hydrogen) atoms. The minimum atomic E-state index is -3.91. The first-order valence-electron chi connectivity index (χ1n) is 18.5. The van der Waals surface area contributed by atoms with Gasteiger partial charge in [0, 0.05) is 43.4 Å². The molecule has 0 bridgehead atoms. The zero-order valence-electron chi connectivity index (χ0n) is 31.7. The number of amides is 1. The van der Waals surface area contributed by atoms with Gasteiger partial charge < -0.3 is 5.32 Å². The molecule has 21 heteroatoms. The fourth-order valence-corrected chi connectivity index (χ4v) is 9.04. The highest BCUT2D eigenvalue weighted by atomic mass is 35.5. The van der Waals surface area contributed by atoms with Crippen molar-refractivity contribution in [2.24, 2.45) is 13.0 Å². The normalized spacial score (nSPS) is 17.1. The Morgan fingerprint density at radius 1 is 1.00 bits per heavy atom. The highest BCUT2D eigenvalue weighted by molar-refractivity contribution is 7.92. The van der Waals surface area contributed by atoms with E-state index in [1.165, 1.54) is 29.9 Å². The molecule has 13 nitrogen and oxygen atoms in total. The molecule has 0 saturated heterocycles. The van der Waals surface area contributed by atoms with Crippen molar-refractivity contribution in [2.45, 2.75) is 43.7 Å². The molecule has 3 atom stereocenters. The summed E-state index contributed by atoms with van der Waals surface area (Å²) in [5.41, 5.74) is -1.11. The van der Waals surface area contributed by atoms with Gasteiger partial charge in [-0.15, -0.1) is 0 Å². The molecule has 0 radical (unpaired) electrons. The van der Waals surface area contributed by atoms with Crippen molar-refractivity contribution in [3.05, 3.63) is 128 Å². The lowest BCUT2D eigenvalue weighted by Gasteiger charge is -2.24. The molecule has 2 aliphatic carbocycles. The second-order valence-corrected chi connectivity index (χ2v) is 17.2. The topological polar surface area (TPSA) is 159 Å². The van der Waals surface area contributed by atoms with Crippen LogP contribution >= 0.6 is 11.6 Å². The minimum absolute atomic E-state index is 0.00163. The first kappa shape index (κ1) is 40.1. The molecule has 0 aliphatic heterocycles. The smallest absolute Gasteiger partial charge is 0.293 e. The van der Waals surface area contributed by atoms with Crippen molar-refractivity contribution < 1.29 is 39.6 Å². The van der Waals surface area contributed by atoms with Crippen molar-refractivity contribution in [1.82, 2.24) is 39.4 Å². The first-order valence-corrected chi connectivity index (χ1v) is 20.8. The number of anilines is 1. The number of nitrogens with one attached hydrogen (secondary N) is 2. The molecule has 4 heterocycles. The van der Waals surface area contributed by atoms with Gasteiger partial charge in [0.25, 0.3) is 17.9 Å². The van der Waals surface area contributed by atoms with Crippen molar-refractivity contribution in [3.63, 3.8) is 0 Å². The van der Waals surface area contributed by atoms with Crippen LogP contribution < -0.4 is 15.6 Å². The number of aryl methyl sites for hydroxylation is 1. The van der Waals surface area contributed by atoms with Gasteiger partial charge in [0.15, 0.2) is 5.82 Å². The Kier molecular flexibility index (Phi) is 9.50. The Labute approximate surface area is 346 Å². The molecule has 7 aromatic rings. The van der Waals surface area contributed by atoms with Gasteiger partial charge in [-0.25, -0.2) is 31.0 Å². The lowest BCUT2D eigenvalue weighted by atomic mass is 10.0. The highest BCUT2D eigenvalue weighted by Crippen LogP contribution is 2.68. The van der Waals surface area contributed by atoms with Crippen molar-refractivity contribution in [3.8, 4) is 16.8 Å². The molecule has 1 saturated carbocycles. The third-order valence-electron chi connectivity index (χ3n) is 10.8. The molecule has 9 rings (SSSR count). The number of carbonyl (C=O) groups excluding carboxylic acids is 1. The number of rotatable bonds is 11. The third kappa shape index (κ3) is 7.05. The summed E-state index contributed by atoms with van der Waals surface area (Å²) in [5.74, 6) is -8.98. The zero-order valence-corrected chi connectivity index (χ0v) is 33.2. The number of pyridine rings is 1. The van der Waals surface area contributed by atoms with E-state index in [0.717, 1.165) is 23.0 Å². The number of aromatic nitrogens is 7. The quantitative estimate of drug-likeness (QED) is 0.131. The predicted molar refractivity (Wildman–Crippen MR) is 211 cm³/mol. The monoisotopic (exact) mass is 881 g/mol. The van der Waals surface area contributed by atoms with Crippen LogP contribution in [0.5, 0.6) is 0 Å². The molecule has 2 N–H and O–H groups in total. The minimum Gasteiger partial charge on any atom is -0.344 e. The van der Waals surface area contributed by atoms with Crippen LogP contribution in [-0.4, -0.2) is 54.7 Å². The summed E-state index contributed by atoms with van der Waals surface area (Å²) in [5, 5.41) is 10.9. The van der Waals surface area contributed by atoms with Crippen molar-refractivity contribution in [2.75, 3.05) is 11.0 Å². The maximum Gasteiger partial charge on any atom is 0.293 e. The number of halogens is 7. The van der Waals surface area contributed by atoms with Crippen LogP contribution in [0.1, 0.15) is 53.1 Å². The molecule has 0 spiro atoms. The molecule has 2 aliphatic rings.